The SMILES string of the molecule is CC(C)=CC(C=O)OC1=C(C(=O)C(C)C)C(=O)[C@@H](CCC(C)C)C1. The summed E-state index contributed by atoms with van der Waals surface area (Å²) in [6.07, 6.45) is 3.73. The van der Waals surface area contributed by atoms with Crippen molar-refractivity contribution in [3.8, 4) is 0 Å². The van der Waals surface area contributed by atoms with E-state index >= 15 is 0 Å². The van der Waals surface area contributed by atoms with E-state index in [9.17, 15) is 14.4 Å². The average molecular weight is 334 g/mol. The molecule has 4 nitrogen and oxygen atoms in total. The maximum atomic E-state index is 12.7. The molecule has 0 aromatic rings. The smallest absolute Gasteiger partial charge is 0.173 e. The number of ether oxygens (including phenoxy) is 1. The van der Waals surface area contributed by atoms with E-state index in [0.29, 0.717) is 24.4 Å². The lowest BCUT2D eigenvalue weighted by molar-refractivity contribution is -0.124. The van der Waals surface area contributed by atoms with E-state index in [1.807, 2.05) is 13.8 Å². The summed E-state index contributed by atoms with van der Waals surface area (Å²) >= 11 is 0. The fourth-order valence-electron chi connectivity index (χ4n) is 2.78. The van der Waals surface area contributed by atoms with Crippen molar-refractivity contribution in [1.29, 1.82) is 0 Å². The molecule has 0 aliphatic heterocycles. The lowest BCUT2D eigenvalue weighted by atomic mass is 9.92. The Kier molecular flexibility index (Phi) is 7.59. The van der Waals surface area contributed by atoms with Gasteiger partial charge in [-0.05, 0) is 32.3 Å². The van der Waals surface area contributed by atoms with Gasteiger partial charge in [-0.25, -0.2) is 0 Å². The van der Waals surface area contributed by atoms with Crippen LogP contribution in [0.1, 0.15) is 60.8 Å². The van der Waals surface area contributed by atoms with E-state index in [1.54, 1.807) is 19.9 Å². The van der Waals surface area contributed by atoms with Crippen LogP contribution >= 0.6 is 0 Å². The molecule has 0 heterocycles. The molecule has 0 saturated heterocycles. The Morgan fingerprint density at radius 3 is 2.33 bits per heavy atom. The van der Waals surface area contributed by atoms with Crippen LogP contribution in [0.3, 0.4) is 0 Å². The number of carbonyl (C=O) groups excluding carboxylic acids is 3. The van der Waals surface area contributed by atoms with Crippen molar-refractivity contribution >= 4 is 17.9 Å². The van der Waals surface area contributed by atoms with E-state index in [0.717, 1.165) is 18.4 Å². The molecule has 0 aromatic heterocycles. The molecule has 0 aromatic carbocycles. The number of Topliss-reactive ketones (excluding diaryl/α,β-unsaturated/α-hetero) is 2. The first-order valence-electron chi connectivity index (χ1n) is 8.75. The van der Waals surface area contributed by atoms with Crippen LogP contribution in [0.25, 0.3) is 0 Å². The summed E-state index contributed by atoms with van der Waals surface area (Å²) < 4.78 is 5.76. The minimum atomic E-state index is -0.753. The first-order valence-corrected chi connectivity index (χ1v) is 8.75. The largest absolute Gasteiger partial charge is 0.482 e. The second kappa shape index (κ2) is 8.95. The van der Waals surface area contributed by atoms with Gasteiger partial charge < -0.3 is 4.74 Å². The highest BCUT2D eigenvalue weighted by Gasteiger charge is 2.39. The Hall–Kier alpha value is -1.71. The van der Waals surface area contributed by atoms with Crippen LogP contribution in [0.5, 0.6) is 0 Å². The van der Waals surface area contributed by atoms with Gasteiger partial charge in [0.25, 0.3) is 0 Å². The van der Waals surface area contributed by atoms with Gasteiger partial charge in [-0.2, -0.15) is 0 Å². The molecule has 0 radical (unpaired) electrons. The fraction of sp³-hybridized carbons (Fsp3) is 0.650. The number of rotatable bonds is 9. The van der Waals surface area contributed by atoms with Gasteiger partial charge in [-0.1, -0.05) is 39.7 Å². The van der Waals surface area contributed by atoms with Crippen molar-refractivity contribution < 1.29 is 19.1 Å². The second-order valence-electron chi connectivity index (χ2n) is 7.52. The third-order valence-electron chi connectivity index (χ3n) is 4.10. The minimum absolute atomic E-state index is 0.119. The first-order chi connectivity index (χ1) is 11.2. The quantitative estimate of drug-likeness (QED) is 0.363. The molecule has 1 unspecified atom stereocenters. The lowest BCUT2D eigenvalue weighted by Crippen LogP contribution is -2.20. The molecule has 0 spiro atoms. The standard InChI is InChI=1S/C20H30O4/c1-12(2)7-8-15-10-17(24-16(11-21)9-13(3)4)18(20(15)23)19(22)14(5)6/h9,11-12,14-16H,7-8,10H2,1-6H3/t15-,16?/m0/s1. The Balaban J connectivity index is 3.07. The first kappa shape index (κ1) is 20.3. The predicted molar refractivity (Wildman–Crippen MR) is 94.4 cm³/mol. The van der Waals surface area contributed by atoms with Gasteiger partial charge in [0.1, 0.15) is 5.76 Å². The minimum Gasteiger partial charge on any atom is -0.482 e. The number of allylic oxidation sites excluding steroid dienone is 3. The summed E-state index contributed by atoms with van der Waals surface area (Å²) in [5, 5.41) is 0. The zero-order valence-corrected chi connectivity index (χ0v) is 15.7. The second-order valence-corrected chi connectivity index (χ2v) is 7.52. The van der Waals surface area contributed by atoms with Crippen molar-refractivity contribution in [2.45, 2.75) is 66.9 Å². The normalized spacial score (nSPS) is 19.0. The Bertz CT molecular complexity index is 548. The Morgan fingerprint density at radius 2 is 1.88 bits per heavy atom. The van der Waals surface area contributed by atoms with Gasteiger partial charge >= 0.3 is 0 Å². The molecule has 1 aliphatic carbocycles. The van der Waals surface area contributed by atoms with Gasteiger partial charge in [0.15, 0.2) is 24.0 Å². The molecule has 1 rings (SSSR count). The molecule has 0 fully saturated rings. The summed E-state index contributed by atoms with van der Waals surface area (Å²) in [5.74, 6) is 0.0983. The number of hydrogen-bond donors (Lipinski definition) is 0. The number of carbonyl (C=O) groups is 3. The van der Waals surface area contributed by atoms with Crippen molar-refractivity contribution in [3.05, 3.63) is 23.0 Å². The van der Waals surface area contributed by atoms with Gasteiger partial charge in [-0.15, -0.1) is 0 Å². The van der Waals surface area contributed by atoms with Crippen LogP contribution in [0.4, 0.5) is 0 Å². The molecule has 1 aliphatic rings. The fourth-order valence-corrected chi connectivity index (χ4v) is 2.78. The van der Waals surface area contributed by atoms with E-state index in [-0.39, 0.29) is 29.0 Å². The van der Waals surface area contributed by atoms with Crippen LogP contribution in [-0.4, -0.2) is 24.0 Å². The van der Waals surface area contributed by atoms with Crippen molar-refractivity contribution in [3.63, 3.8) is 0 Å². The maximum absolute atomic E-state index is 12.7. The topological polar surface area (TPSA) is 60.4 Å². The molecular weight excluding hydrogens is 304 g/mol. The molecular formula is C20H30O4. The third kappa shape index (κ3) is 5.43. The molecule has 0 amide bonds. The van der Waals surface area contributed by atoms with Crippen molar-refractivity contribution in [2.75, 3.05) is 0 Å². The lowest BCUT2D eigenvalue weighted by Gasteiger charge is -2.14. The molecule has 4 heteroatoms. The van der Waals surface area contributed by atoms with Crippen molar-refractivity contribution in [2.24, 2.45) is 17.8 Å². The summed E-state index contributed by atoms with van der Waals surface area (Å²) in [7, 11) is 0. The molecule has 134 valence electrons. The van der Waals surface area contributed by atoms with Crippen molar-refractivity contribution in [1.82, 2.24) is 0 Å². The summed E-state index contributed by atoms with van der Waals surface area (Å²) in [5.41, 5.74) is 1.12. The van der Waals surface area contributed by atoms with Gasteiger partial charge in [0.05, 0.1) is 5.57 Å². The van der Waals surface area contributed by atoms with Crippen LogP contribution in [-0.2, 0) is 19.1 Å². The average Bonchev–Trinajstić information content (AvgIpc) is 2.78. The molecule has 0 saturated carbocycles. The Morgan fingerprint density at radius 1 is 1.25 bits per heavy atom. The summed E-state index contributed by atoms with van der Waals surface area (Å²) in [6.45, 7) is 11.5. The van der Waals surface area contributed by atoms with Gasteiger partial charge in [0.2, 0.25) is 0 Å². The third-order valence-corrected chi connectivity index (χ3v) is 4.10. The number of ketones is 2. The van der Waals surface area contributed by atoms with Crippen LogP contribution in [0, 0.1) is 17.8 Å². The van der Waals surface area contributed by atoms with Gasteiger partial charge in [0, 0.05) is 18.3 Å². The number of aldehydes is 1. The summed E-state index contributed by atoms with van der Waals surface area (Å²) in [4.78, 5) is 36.4. The summed E-state index contributed by atoms with van der Waals surface area (Å²) in [6, 6.07) is 0. The van der Waals surface area contributed by atoms with Crippen LogP contribution in [0.15, 0.2) is 23.0 Å². The molecule has 0 bridgehead atoms. The van der Waals surface area contributed by atoms with E-state index in [1.165, 1.54) is 0 Å². The van der Waals surface area contributed by atoms with E-state index < -0.39 is 6.10 Å². The van der Waals surface area contributed by atoms with Crippen LogP contribution < -0.4 is 0 Å². The monoisotopic (exact) mass is 334 g/mol. The van der Waals surface area contributed by atoms with Gasteiger partial charge in [-0.3, -0.25) is 14.4 Å². The molecule has 2 atom stereocenters. The molecule has 0 N–H and O–H groups in total. The van der Waals surface area contributed by atoms with E-state index in [2.05, 4.69) is 13.8 Å². The van der Waals surface area contributed by atoms with E-state index in [4.69, 9.17) is 4.74 Å². The number of hydrogen-bond acceptors (Lipinski definition) is 4. The Labute approximate surface area is 145 Å². The molecule has 24 heavy (non-hydrogen) atoms. The zero-order valence-electron chi connectivity index (χ0n) is 15.7. The highest BCUT2D eigenvalue weighted by atomic mass is 16.5. The highest BCUT2D eigenvalue weighted by molar-refractivity contribution is 6.23. The van der Waals surface area contributed by atoms with Crippen LogP contribution in [0.2, 0.25) is 0 Å². The highest BCUT2D eigenvalue weighted by Crippen LogP contribution is 2.35. The zero-order chi connectivity index (χ0) is 18.4. The predicted octanol–water partition coefficient (Wildman–Crippen LogP) is 4.04. The maximum Gasteiger partial charge on any atom is 0.173 e.